The van der Waals surface area contributed by atoms with Crippen molar-refractivity contribution < 1.29 is 4.79 Å². The summed E-state index contributed by atoms with van der Waals surface area (Å²) in [5.41, 5.74) is 1.96. The second kappa shape index (κ2) is 5.29. The molecule has 9 heteroatoms. The van der Waals surface area contributed by atoms with E-state index in [9.17, 15) is 4.79 Å². The standard InChI is InChI=1S/C14H11N7OS/c1-8-5-10(19-14(22)9-3-2-4-23-9)21(20-8)13-11-12(16-6-15-11)17-7-18-13/h2-7H,1H3,(H,19,22)(H,15,16,17,18). The maximum atomic E-state index is 12.3. The van der Waals surface area contributed by atoms with Crippen LogP contribution in [0.2, 0.25) is 0 Å². The van der Waals surface area contributed by atoms with Crippen molar-refractivity contribution in [1.82, 2.24) is 29.7 Å². The van der Waals surface area contributed by atoms with E-state index in [-0.39, 0.29) is 5.91 Å². The lowest BCUT2D eigenvalue weighted by Crippen LogP contribution is -2.14. The molecule has 0 saturated heterocycles. The van der Waals surface area contributed by atoms with Crippen LogP contribution >= 0.6 is 11.3 Å². The number of hydrogen-bond acceptors (Lipinski definition) is 6. The predicted molar refractivity (Wildman–Crippen MR) is 85.8 cm³/mol. The number of amides is 1. The molecule has 0 fully saturated rings. The molecule has 1 amide bonds. The van der Waals surface area contributed by atoms with E-state index in [0.29, 0.717) is 27.7 Å². The molecule has 0 aromatic carbocycles. The van der Waals surface area contributed by atoms with Gasteiger partial charge in [-0.25, -0.2) is 15.0 Å². The molecule has 0 aliphatic carbocycles. The van der Waals surface area contributed by atoms with Crippen LogP contribution in [0.5, 0.6) is 0 Å². The number of anilines is 1. The molecule has 0 aliphatic rings. The molecule has 0 unspecified atom stereocenters. The van der Waals surface area contributed by atoms with Crippen LogP contribution < -0.4 is 5.32 Å². The van der Waals surface area contributed by atoms with E-state index in [1.807, 2.05) is 18.4 Å². The lowest BCUT2D eigenvalue weighted by Gasteiger charge is -2.07. The summed E-state index contributed by atoms with van der Waals surface area (Å²) in [6.45, 7) is 1.85. The first kappa shape index (κ1) is 13.6. The molecule has 0 saturated carbocycles. The molecule has 4 heterocycles. The molecule has 0 bridgehead atoms. The predicted octanol–water partition coefficient (Wildman–Crippen LogP) is 2.16. The van der Waals surface area contributed by atoms with Crippen molar-refractivity contribution in [2.75, 3.05) is 5.32 Å². The summed E-state index contributed by atoms with van der Waals surface area (Å²) in [4.78, 5) is 28.4. The zero-order valence-corrected chi connectivity index (χ0v) is 12.8. The third kappa shape index (κ3) is 2.36. The van der Waals surface area contributed by atoms with Gasteiger partial charge in [-0.2, -0.15) is 9.78 Å². The highest BCUT2D eigenvalue weighted by Gasteiger charge is 2.16. The Labute approximate surface area is 134 Å². The highest BCUT2D eigenvalue weighted by atomic mass is 32.1. The van der Waals surface area contributed by atoms with Crippen LogP contribution in [0.1, 0.15) is 15.4 Å². The Bertz CT molecular complexity index is 986. The summed E-state index contributed by atoms with van der Waals surface area (Å²) in [7, 11) is 0. The van der Waals surface area contributed by atoms with Gasteiger partial charge in [-0.3, -0.25) is 4.79 Å². The average molecular weight is 325 g/mol. The van der Waals surface area contributed by atoms with Gasteiger partial charge in [0.15, 0.2) is 11.5 Å². The summed E-state index contributed by atoms with van der Waals surface area (Å²) in [6.07, 6.45) is 2.96. The number of aromatic amines is 1. The smallest absolute Gasteiger partial charge is 0.266 e. The van der Waals surface area contributed by atoms with Gasteiger partial charge in [0.1, 0.15) is 17.7 Å². The lowest BCUT2D eigenvalue weighted by molar-refractivity contribution is 0.103. The quantitative estimate of drug-likeness (QED) is 0.601. The maximum absolute atomic E-state index is 12.3. The Hall–Kier alpha value is -3.07. The SMILES string of the molecule is Cc1cc(NC(=O)c2cccs2)n(-c2ncnc3nc[nH]c23)n1. The van der Waals surface area contributed by atoms with E-state index < -0.39 is 0 Å². The van der Waals surface area contributed by atoms with Crippen LogP contribution in [-0.4, -0.2) is 35.6 Å². The lowest BCUT2D eigenvalue weighted by atomic mass is 10.4. The number of thiophene rings is 1. The summed E-state index contributed by atoms with van der Waals surface area (Å²) in [6, 6.07) is 5.39. The normalized spacial score (nSPS) is 11.0. The fourth-order valence-corrected chi connectivity index (χ4v) is 2.87. The zero-order chi connectivity index (χ0) is 15.8. The summed E-state index contributed by atoms with van der Waals surface area (Å²) in [5.74, 6) is 0.883. The molecule has 0 radical (unpaired) electrons. The molecule has 114 valence electrons. The number of fused-ring (bicyclic) bond motifs is 1. The fraction of sp³-hybridized carbons (Fsp3) is 0.0714. The largest absolute Gasteiger partial charge is 0.340 e. The summed E-state index contributed by atoms with van der Waals surface area (Å²) >= 11 is 1.38. The molecular weight excluding hydrogens is 314 g/mol. The van der Waals surface area contributed by atoms with Crippen molar-refractivity contribution in [3.05, 3.63) is 46.8 Å². The van der Waals surface area contributed by atoms with E-state index in [4.69, 9.17) is 0 Å². The topological polar surface area (TPSA) is 101 Å². The molecule has 0 atom stereocenters. The first-order valence-corrected chi connectivity index (χ1v) is 7.66. The third-order valence-corrected chi connectivity index (χ3v) is 4.09. The van der Waals surface area contributed by atoms with E-state index >= 15 is 0 Å². The molecule has 0 aliphatic heterocycles. The van der Waals surface area contributed by atoms with Gasteiger partial charge in [-0.15, -0.1) is 11.3 Å². The molecular formula is C14H11N7OS. The summed E-state index contributed by atoms with van der Waals surface area (Å²) < 4.78 is 1.57. The molecule has 2 N–H and O–H groups in total. The van der Waals surface area contributed by atoms with Crippen molar-refractivity contribution in [1.29, 1.82) is 0 Å². The van der Waals surface area contributed by atoms with Crippen LogP contribution in [0.3, 0.4) is 0 Å². The van der Waals surface area contributed by atoms with Crippen LogP contribution in [0, 0.1) is 6.92 Å². The number of imidazole rings is 1. The molecule has 4 aromatic heterocycles. The van der Waals surface area contributed by atoms with Gasteiger partial charge in [0.25, 0.3) is 5.91 Å². The number of aromatic nitrogens is 6. The highest BCUT2D eigenvalue weighted by Crippen LogP contribution is 2.21. The van der Waals surface area contributed by atoms with E-state index in [1.165, 1.54) is 17.7 Å². The Morgan fingerprint density at radius 2 is 2.26 bits per heavy atom. The van der Waals surface area contributed by atoms with Gasteiger partial charge in [-0.05, 0) is 18.4 Å². The van der Waals surface area contributed by atoms with E-state index in [0.717, 1.165) is 5.69 Å². The van der Waals surface area contributed by atoms with E-state index in [1.54, 1.807) is 23.1 Å². The van der Waals surface area contributed by atoms with Gasteiger partial charge < -0.3 is 10.3 Å². The van der Waals surface area contributed by atoms with Crippen LogP contribution in [0.15, 0.2) is 36.2 Å². The number of nitrogens with zero attached hydrogens (tertiary/aromatic N) is 5. The molecule has 4 aromatic rings. The van der Waals surface area contributed by atoms with Crippen molar-refractivity contribution in [2.24, 2.45) is 0 Å². The van der Waals surface area contributed by atoms with Crippen molar-refractivity contribution in [3.8, 4) is 5.82 Å². The Kier molecular flexibility index (Phi) is 3.12. The van der Waals surface area contributed by atoms with E-state index in [2.05, 4.69) is 30.4 Å². The first-order chi connectivity index (χ1) is 11.2. The highest BCUT2D eigenvalue weighted by molar-refractivity contribution is 7.12. The van der Waals surface area contributed by atoms with Crippen molar-refractivity contribution in [3.63, 3.8) is 0 Å². The third-order valence-electron chi connectivity index (χ3n) is 3.22. The Balaban J connectivity index is 1.78. The molecule has 23 heavy (non-hydrogen) atoms. The van der Waals surface area contributed by atoms with Crippen LogP contribution in [-0.2, 0) is 0 Å². The number of aryl methyl sites for hydroxylation is 1. The van der Waals surface area contributed by atoms with Gasteiger partial charge in [0.05, 0.1) is 16.9 Å². The Morgan fingerprint density at radius 1 is 1.35 bits per heavy atom. The number of H-pyrrole nitrogens is 1. The first-order valence-electron chi connectivity index (χ1n) is 6.78. The monoisotopic (exact) mass is 325 g/mol. The molecule has 4 rings (SSSR count). The van der Waals surface area contributed by atoms with Crippen LogP contribution in [0.25, 0.3) is 17.0 Å². The zero-order valence-electron chi connectivity index (χ0n) is 12.0. The second-order valence-corrected chi connectivity index (χ2v) is 5.76. The minimum Gasteiger partial charge on any atom is -0.340 e. The van der Waals surface area contributed by atoms with Gasteiger partial charge in [0.2, 0.25) is 0 Å². The Morgan fingerprint density at radius 3 is 3.09 bits per heavy atom. The average Bonchev–Trinajstić information content (AvgIpc) is 3.27. The minimum atomic E-state index is -0.184. The number of hydrogen-bond donors (Lipinski definition) is 2. The van der Waals surface area contributed by atoms with Gasteiger partial charge in [0, 0.05) is 6.07 Å². The number of carbonyl (C=O) groups excluding carboxylic acids is 1. The van der Waals surface area contributed by atoms with Crippen molar-refractivity contribution in [2.45, 2.75) is 6.92 Å². The molecule has 0 spiro atoms. The van der Waals surface area contributed by atoms with Gasteiger partial charge >= 0.3 is 0 Å². The van der Waals surface area contributed by atoms with Crippen molar-refractivity contribution >= 4 is 34.2 Å². The maximum Gasteiger partial charge on any atom is 0.266 e. The number of nitrogens with one attached hydrogen (secondary N) is 2. The minimum absolute atomic E-state index is 0.184. The number of carbonyl (C=O) groups is 1. The second-order valence-electron chi connectivity index (χ2n) is 4.81. The number of rotatable bonds is 3. The fourth-order valence-electron chi connectivity index (χ4n) is 2.25. The molecule has 8 nitrogen and oxygen atoms in total. The van der Waals surface area contributed by atoms with Gasteiger partial charge in [-0.1, -0.05) is 6.07 Å². The summed E-state index contributed by atoms with van der Waals surface area (Å²) in [5, 5.41) is 9.14. The van der Waals surface area contributed by atoms with Crippen LogP contribution in [0.4, 0.5) is 5.82 Å².